The fourth-order valence-corrected chi connectivity index (χ4v) is 4.01. The number of carbonyl (C=O) groups is 3. The van der Waals surface area contributed by atoms with Crippen LogP contribution in [0.2, 0.25) is 0 Å². The molecule has 1 N–H and O–H groups in total. The molecule has 29 heavy (non-hydrogen) atoms. The number of benzene rings is 1. The Kier molecular flexibility index (Phi) is 8.66. The predicted molar refractivity (Wildman–Crippen MR) is 117 cm³/mol. The van der Waals surface area contributed by atoms with Crippen LogP contribution in [0.1, 0.15) is 32.3 Å². The van der Waals surface area contributed by atoms with Crippen LogP contribution in [-0.4, -0.2) is 63.3 Å². The summed E-state index contributed by atoms with van der Waals surface area (Å²) in [7, 11) is 0. The van der Waals surface area contributed by atoms with E-state index in [1.54, 1.807) is 35.2 Å². The number of carboxylic acid groups (broad SMARTS) is 1. The van der Waals surface area contributed by atoms with Gasteiger partial charge in [-0.2, -0.15) is 0 Å². The van der Waals surface area contributed by atoms with Gasteiger partial charge in [-0.1, -0.05) is 36.1 Å². The molecule has 1 aliphatic heterocycles. The van der Waals surface area contributed by atoms with Crippen molar-refractivity contribution in [2.45, 2.75) is 26.7 Å². The van der Waals surface area contributed by atoms with Gasteiger partial charge in [0, 0.05) is 26.1 Å². The first-order valence-electron chi connectivity index (χ1n) is 9.33. The van der Waals surface area contributed by atoms with Gasteiger partial charge < -0.3 is 14.7 Å². The molecule has 1 aliphatic rings. The monoisotopic (exact) mass is 436 g/mol. The number of thiocarbonyl (C=S) groups is 1. The molecule has 0 aliphatic carbocycles. The molecule has 1 fully saturated rings. The maximum Gasteiger partial charge on any atom is 0.303 e. The van der Waals surface area contributed by atoms with Crippen molar-refractivity contribution in [3.8, 4) is 5.75 Å². The fourth-order valence-electron chi connectivity index (χ4n) is 2.71. The van der Waals surface area contributed by atoms with E-state index in [2.05, 4.69) is 0 Å². The van der Waals surface area contributed by atoms with Crippen LogP contribution in [-0.2, 0) is 14.4 Å². The lowest BCUT2D eigenvalue weighted by Gasteiger charge is -2.18. The number of carboxylic acids is 1. The normalized spacial score (nSPS) is 15.1. The second-order valence-corrected chi connectivity index (χ2v) is 7.93. The van der Waals surface area contributed by atoms with Gasteiger partial charge in [-0.25, -0.2) is 0 Å². The summed E-state index contributed by atoms with van der Waals surface area (Å²) in [6, 6.07) is 7.09. The van der Waals surface area contributed by atoms with Gasteiger partial charge in [0.15, 0.2) is 6.61 Å². The van der Waals surface area contributed by atoms with Crippen LogP contribution >= 0.6 is 24.0 Å². The number of likely N-dealkylation sites (N-methyl/N-ethyl adjacent to an activating group) is 1. The number of thioether (sulfide) groups is 1. The van der Waals surface area contributed by atoms with E-state index >= 15 is 0 Å². The highest BCUT2D eigenvalue weighted by Gasteiger charge is 2.31. The first-order chi connectivity index (χ1) is 13.8. The highest BCUT2D eigenvalue weighted by molar-refractivity contribution is 8.26. The molecule has 2 amide bonds. The standard InChI is InChI=1S/C20H24N2O5S2/c1-3-21(4-2)17(23)13-27-15-9-7-14(8-10-15)12-16-19(26)22(20(28)29-16)11-5-6-18(24)25/h7-10,12H,3-6,11,13H2,1-2H3,(H,24,25)/b16-12+. The summed E-state index contributed by atoms with van der Waals surface area (Å²) >= 11 is 6.44. The molecule has 2 rings (SSSR count). The van der Waals surface area contributed by atoms with Crippen LogP contribution in [0.3, 0.4) is 0 Å². The molecule has 156 valence electrons. The lowest BCUT2D eigenvalue weighted by molar-refractivity contribution is -0.137. The highest BCUT2D eigenvalue weighted by atomic mass is 32.2. The molecule has 1 saturated heterocycles. The van der Waals surface area contributed by atoms with Gasteiger partial charge in [0.25, 0.3) is 11.8 Å². The van der Waals surface area contributed by atoms with Crippen molar-refractivity contribution in [2.24, 2.45) is 0 Å². The summed E-state index contributed by atoms with van der Waals surface area (Å²) in [5.41, 5.74) is 0.804. The van der Waals surface area contributed by atoms with Crippen molar-refractivity contribution in [1.29, 1.82) is 0 Å². The maximum absolute atomic E-state index is 12.5. The molecule has 0 spiro atoms. The van der Waals surface area contributed by atoms with E-state index in [0.29, 0.717) is 41.0 Å². The van der Waals surface area contributed by atoms with Crippen LogP contribution in [0.4, 0.5) is 0 Å². The van der Waals surface area contributed by atoms with Crippen molar-refractivity contribution >= 4 is 52.2 Å². The van der Waals surface area contributed by atoms with E-state index in [4.69, 9.17) is 22.1 Å². The smallest absolute Gasteiger partial charge is 0.303 e. The molecule has 0 bridgehead atoms. The van der Waals surface area contributed by atoms with Crippen LogP contribution < -0.4 is 4.74 Å². The van der Waals surface area contributed by atoms with Crippen LogP contribution in [0.5, 0.6) is 5.75 Å². The minimum atomic E-state index is -0.896. The number of ether oxygens (including phenoxy) is 1. The average Bonchev–Trinajstić information content (AvgIpc) is 2.95. The van der Waals surface area contributed by atoms with E-state index in [9.17, 15) is 14.4 Å². The first-order valence-corrected chi connectivity index (χ1v) is 10.6. The second-order valence-electron chi connectivity index (χ2n) is 6.25. The molecule has 7 nitrogen and oxygen atoms in total. The van der Waals surface area contributed by atoms with E-state index < -0.39 is 5.97 Å². The average molecular weight is 437 g/mol. The minimum Gasteiger partial charge on any atom is -0.484 e. The third kappa shape index (κ3) is 6.57. The van der Waals surface area contributed by atoms with E-state index in [1.807, 2.05) is 13.8 Å². The summed E-state index contributed by atoms with van der Waals surface area (Å²) in [5.74, 6) is -0.600. The van der Waals surface area contributed by atoms with Gasteiger partial charge in [0.2, 0.25) is 0 Å². The summed E-state index contributed by atoms with van der Waals surface area (Å²) in [6.45, 7) is 5.41. The topological polar surface area (TPSA) is 87.2 Å². The molecule has 0 atom stereocenters. The molecule has 0 aromatic heterocycles. The zero-order chi connectivity index (χ0) is 21.4. The molecule has 9 heteroatoms. The Labute approximate surface area is 179 Å². The van der Waals surface area contributed by atoms with Crippen molar-refractivity contribution < 1.29 is 24.2 Å². The summed E-state index contributed by atoms with van der Waals surface area (Å²) in [6.07, 6.45) is 2.09. The van der Waals surface area contributed by atoms with Crippen molar-refractivity contribution in [1.82, 2.24) is 9.80 Å². The van der Waals surface area contributed by atoms with Crippen molar-refractivity contribution in [2.75, 3.05) is 26.2 Å². The first kappa shape index (κ1) is 22.9. The predicted octanol–water partition coefficient (Wildman–Crippen LogP) is 3.00. The number of rotatable bonds is 10. The molecule has 0 saturated carbocycles. The Hall–Kier alpha value is -2.39. The molecule has 1 aromatic carbocycles. The minimum absolute atomic E-state index is 0.00561. The number of nitrogens with zero attached hydrogens (tertiary/aromatic N) is 2. The van der Waals surface area contributed by atoms with Gasteiger partial charge in [0.05, 0.1) is 4.91 Å². The largest absolute Gasteiger partial charge is 0.484 e. The van der Waals surface area contributed by atoms with Gasteiger partial charge >= 0.3 is 5.97 Å². The number of amides is 2. The maximum atomic E-state index is 12.5. The fraction of sp³-hybridized carbons (Fsp3) is 0.400. The van der Waals surface area contributed by atoms with Crippen LogP contribution in [0, 0.1) is 0 Å². The number of aliphatic carboxylic acids is 1. The highest BCUT2D eigenvalue weighted by Crippen LogP contribution is 2.32. The molecular formula is C20H24N2O5S2. The third-order valence-electron chi connectivity index (χ3n) is 4.30. The van der Waals surface area contributed by atoms with E-state index in [0.717, 1.165) is 5.56 Å². The molecule has 0 unspecified atom stereocenters. The van der Waals surface area contributed by atoms with Crippen LogP contribution in [0.25, 0.3) is 6.08 Å². The van der Waals surface area contributed by atoms with Crippen LogP contribution in [0.15, 0.2) is 29.2 Å². The molecule has 1 aromatic rings. The van der Waals surface area contributed by atoms with Crippen molar-refractivity contribution in [3.05, 3.63) is 34.7 Å². The second kappa shape index (κ2) is 11.0. The Balaban J connectivity index is 1.95. The molecule has 0 radical (unpaired) electrons. The zero-order valence-corrected chi connectivity index (χ0v) is 18.1. The Bertz CT molecular complexity index is 804. The zero-order valence-electron chi connectivity index (χ0n) is 16.4. The van der Waals surface area contributed by atoms with Gasteiger partial charge in [0.1, 0.15) is 10.1 Å². The lowest BCUT2D eigenvalue weighted by Crippen LogP contribution is -2.34. The SMILES string of the molecule is CCN(CC)C(=O)COc1ccc(/C=C2/SC(=S)N(CCCC(=O)O)C2=O)cc1. The number of hydrogen-bond donors (Lipinski definition) is 1. The number of hydrogen-bond acceptors (Lipinski definition) is 6. The third-order valence-corrected chi connectivity index (χ3v) is 5.68. The van der Waals surface area contributed by atoms with Gasteiger partial charge in [-0.05, 0) is 44.0 Å². The lowest BCUT2D eigenvalue weighted by atomic mass is 10.2. The van der Waals surface area contributed by atoms with Crippen molar-refractivity contribution in [3.63, 3.8) is 0 Å². The summed E-state index contributed by atoms with van der Waals surface area (Å²) < 4.78 is 5.97. The molecular weight excluding hydrogens is 412 g/mol. The van der Waals surface area contributed by atoms with Gasteiger partial charge in [-0.3, -0.25) is 19.3 Å². The number of carbonyl (C=O) groups excluding carboxylic acids is 2. The quantitative estimate of drug-likeness (QED) is 0.446. The Morgan fingerprint density at radius 3 is 2.48 bits per heavy atom. The van der Waals surface area contributed by atoms with E-state index in [-0.39, 0.29) is 24.8 Å². The van der Waals surface area contributed by atoms with Gasteiger partial charge in [-0.15, -0.1) is 0 Å². The Morgan fingerprint density at radius 1 is 1.24 bits per heavy atom. The Morgan fingerprint density at radius 2 is 1.90 bits per heavy atom. The summed E-state index contributed by atoms with van der Waals surface area (Å²) in [4.78, 5) is 38.7. The van der Waals surface area contributed by atoms with E-state index in [1.165, 1.54) is 16.7 Å². The summed E-state index contributed by atoms with van der Waals surface area (Å²) in [5, 5.41) is 8.73. The molecule has 1 heterocycles.